The van der Waals surface area contributed by atoms with Crippen molar-refractivity contribution < 1.29 is 0 Å². The second-order valence-corrected chi connectivity index (χ2v) is 6.62. The summed E-state index contributed by atoms with van der Waals surface area (Å²) in [6.07, 6.45) is 2.64. The molecule has 4 unspecified atom stereocenters. The van der Waals surface area contributed by atoms with Crippen molar-refractivity contribution in [2.24, 2.45) is 11.7 Å². The summed E-state index contributed by atoms with van der Waals surface area (Å²) in [5, 5.41) is 0. The van der Waals surface area contributed by atoms with E-state index in [0.29, 0.717) is 11.6 Å². The largest absolute Gasteiger partial charge is 0.329 e. The van der Waals surface area contributed by atoms with Crippen molar-refractivity contribution in [1.82, 2.24) is 14.7 Å². The number of likely N-dealkylation sites (N-methyl/N-ethyl adjacent to an activating group) is 1. The molecule has 0 spiro atoms. The van der Waals surface area contributed by atoms with Crippen LogP contribution in [0.1, 0.15) is 19.8 Å². The molecule has 18 heavy (non-hydrogen) atoms. The standard InChI is InChI=1S/C14H28N4/c1-12-9-18(8-7-16(12)2)14(11-15)4-6-17-5-3-13(14)10-17/h12-13H,3-11,15H2,1-2H3. The molecular formula is C14H28N4. The van der Waals surface area contributed by atoms with Crippen molar-refractivity contribution >= 4 is 0 Å². The lowest BCUT2D eigenvalue weighted by Gasteiger charge is -2.53. The van der Waals surface area contributed by atoms with E-state index in [4.69, 9.17) is 5.73 Å². The lowest BCUT2D eigenvalue weighted by Crippen LogP contribution is -2.67. The lowest BCUT2D eigenvalue weighted by atomic mass is 9.76. The van der Waals surface area contributed by atoms with Gasteiger partial charge in [-0.1, -0.05) is 0 Å². The number of hydrogen-bond acceptors (Lipinski definition) is 4. The predicted octanol–water partition coefficient (Wildman–Crippen LogP) is 0.0454. The number of piperazine rings is 1. The van der Waals surface area contributed by atoms with Gasteiger partial charge in [-0.15, -0.1) is 0 Å². The second kappa shape index (κ2) is 4.75. The number of hydrogen-bond donors (Lipinski definition) is 1. The first-order chi connectivity index (χ1) is 8.65. The third-order valence-electron chi connectivity index (χ3n) is 5.84. The van der Waals surface area contributed by atoms with Crippen LogP contribution in [0.25, 0.3) is 0 Å². The van der Waals surface area contributed by atoms with Gasteiger partial charge in [0.1, 0.15) is 0 Å². The maximum atomic E-state index is 6.26. The van der Waals surface area contributed by atoms with E-state index in [0.717, 1.165) is 12.5 Å². The van der Waals surface area contributed by atoms with E-state index in [1.165, 1.54) is 52.1 Å². The first-order valence-corrected chi connectivity index (χ1v) is 7.53. The third-order valence-corrected chi connectivity index (χ3v) is 5.84. The highest BCUT2D eigenvalue weighted by Gasteiger charge is 2.49. The topological polar surface area (TPSA) is 35.7 Å². The summed E-state index contributed by atoms with van der Waals surface area (Å²) >= 11 is 0. The van der Waals surface area contributed by atoms with Gasteiger partial charge in [0.2, 0.25) is 0 Å². The van der Waals surface area contributed by atoms with Crippen LogP contribution in [-0.4, -0.2) is 79.1 Å². The van der Waals surface area contributed by atoms with Gasteiger partial charge in [0.05, 0.1) is 0 Å². The molecule has 4 nitrogen and oxygen atoms in total. The summed E-state index contributed by atoms with van der Waals surface area (Å²) in [5.74, 6) is 0.812. The SMILES string of the molecule is CC1CN(C2(CN)CCN3CCC2C3)CCN1C. The summed E-state index contributed by atoms with van der Waals surface area (Å²) in [6.45, 7) is 10.6. The van der Waals surface area contributed by atoms with Crippen molar-refractivity contribution in [2.45, 2.75) is 31.3 Å². The van der Waals surface area contributed by atoms with Crippen LogP contribution >= 0.6 is 0 Å². The van der Waals surface area contributed by atoms with Crippen LogP contribution in [0.2, 0.25) is 0 Å². The van der Waals surface area contributed by atoms with Crippen LogP contribution in [0.4, 0.5) is 0 Å². The first kappa shape index (κ1) is 12.9. The molecule has 2 N–H and O–H groups in total. The van der Waals surface area contributed by atoms with Gasteiger partial charge in [0, 0.05) is 44.3 Å². The van der Waals surface area contributed by atoms with Gasteiger partial charge in [-0.2, -0.15) is 0 Å². The Morgan fingerprint density at radius 1 is 1.17 bits per heavy atom. The maximum Gasteiger partial charge on any atom is 0.0385 e. The fourth-order valence-electron chi connectivity index (χ4n) is 4.30. The van der Waals surface area contributed by atoms with Crippen molar-refractivity contribution in [2.75, 3.05) is 52.9 Å². The molecule has 3 aliphatic heterocycles. The molecule has 3 saturated heterocycles. The minimum atomic E-state index is 0.308. The van der Waals surface area contributed by atoms with Gasteiger partial charge >= 0.3 is 0 Å². The quantitative estimate of drug-likeness (QED) is 0.753. The summed E-state index contributed by atoms with van der Waals surface area (Å²) in [6, 6.07) is 0.668. The van der Waals surface area contributed by atoms with Crippen molar-refractivity contribution in [1.29, 1.82) is 0 Å². The Morgan fingerprint density at radius 2 is 2.00 bits per heavy atom. The van der Waals surface area contributed by atoms with E-state index in [2.05, 4.69) is 28.7 Å². The number of nitrogens with zero attached hydrogens (tertiary/aromatic N) is 3. The van der Waals surface area contributed by atoms with Gasteiger partial charge in [-0.25, -0.2) is 0 Å². The normalized spacial score (nSPS) is 46.5. The number of nitrogens with two attached hydrogens (primary N) is 1. The van der Waals surface area contributed by atoms with Crippen molar-refractivity contribution in [3.05, 3.63) is 0 Å². The Kier molecular flexibility index (Phi) is 3.39. The van der Waals surface area contributed by atoms with E-state index in [1.54, 1.807) is 0 Å². The minimum absolute atomic E-state index is 0.308. The van der Waals surface area contributed by atoms with E-state index in [1.807, 2.05) is 0 Å². The van der Waals surface area contributed by atoms with Gasteiger partial charge in [-0.05, 0) is 45.8 Å². The van der Waals surface area contributed by atoms with E-state index >= 15 is 0 Å². The van der Waals surface area contributed by atoms with Crippen LogP contribution in [0.15, 0.2) is 0 Å². The molecule has 0 aromatic rings. The van der Waals surface area contributed by atoms with Crippen molar-refractivity contribution in [3.63, 3.8) is 0 Å². The monoisotopic (exact) mass is 252 g/mol. The summed E-state index contributed by atoms with van der Waals surface area (Å²) in [4.78, 5) is 7.84. The fourth-order valence-corrected chi connectivity index (χ4v) is 4.30. The average molecular weight is 252 g/mol. The van der Waals surface area contributed by atoms with Gasteiger partial charge in [0.25, 0.3) is 0 Å². The molecule has 104 valence electrons. The first-order valence-electron chi connectivity index (χ1n) is 7.53. The zero-order chi connectivity index (χ0) is 12.8. The molecule has 4 heteroatoms. The van der Waals surface area contributed by atoms with Gasteiger partial charge in [0.15, 0.2) is 0 Å². The molecule has 3 aliphatic rings. The molecule has 4 atom stereocenters. The zero-order valence-corrected chi connectivity index (χ0v) is 11.9. The highest BCUT2D eigenvalue weighted by atomic mass is 15.3. The zero-order valence-electron chi connectivity index (χ0n) is 11.9. The molecule has 0 saturated carbocycles. The number of fused-ring (bicyclic) bond motifs is 2. The Labute approximate surface area is 111 Å². The highest BCUT2D eigenvalue weighted by Crippen LogP contribution is 2.40. The lowest BCUT2D eigenvalue weighted by molar-refractivity contribution is -0.0338. The number of rotatable bonds is 2. The Bertz CT molecular complexity index is 308. The smallest absolute Gasteiger partial charge is 0.0385 e. The Hall–Kier alpha value is -0.160. The van der Waals surface area contributed by atoms with Crippen LogP contribution in [0, 0.1) is 5.92 Å². The molecule has 0 aromatic carbocycles. The minimum Gasteiger partial charge on any atom is -0.329 e. The Morgan fingerprint density at radius 3 is 2.72 bits per heavy atom. The molecule has 0 radical (unpaired) electrons. The van der Waals surface area contributed by atoms with Crippen LogP contribution in [0.5, 0.6) is 0 Å². The molecule has 3 fully saturated rings. The molecule has 3 heterocycles. The number of piperidine rings is 1. The van der Waals surface area contributed by atoms with Gasteiger partial charge in [-0.3, -0.25) is 4.90 Å². The summed E-state index contributed by atoms with van der Waals surface area (Å²) in [7, 11) is 2.25. The molecule has 0 aliphatic carbocycles. The second-order valence-electron chi connectivity index (χ2n) is 6.62. The molecule has 2 bridgehead atoms. The predicted molar refractivity (Wildman–Crippen MR) is 74.6 cm³/mol. The maximum absolute atomic E-state index is 6.26. The highest BCUT2D eigenvalue weighted by molar-refractivity contribution is 5.06. The average Bonchev–Trinajstić information content (AvgIpc) is 2.78. The molecular weight excluding hydrogens is 224 g/mol. The fraction of sp³-hybridized carbons (Fsp3) is 1.00. The summed E-state index contributed by atoms with van der Waals surface area (Å²) in [5.41, 5.74) is 6.57. The molecule has 0 amide bonds. The molecule has 3 rings (SSSR count). The van der Waals surface area contributed by atoms with E-state index in [-0.39, 0.29) is 0 Å². The van der Waals surface area contributed by atoms with Crippen LogP contribution in [-0.2, 0) is 0 Å². The van der Waals surface area contributed by atoms with Crippen LogP contribution < -0.4 is 5.73 Å². The van der Waals surface area contributed by atoms with E-state index in [9.17, 15) is 0 Å². The van der Waals surface area contributed by atoms with E-state index < -0.39 is 0 Å². The Balaban J connectivity index is 1.79. The summed E-state index contributed by atoms with van der Waals surface area (Å²) < 4.78 is 0. The van der Waals surface area contributed by atoms with Crippen LogP contribution in [0.3, 0.4) is 0 Å². The van der Waals surface area contributed by atoms with Gasteiger partial charge < -0.3 is 15.5 Å². The molecule has 0 aromatic heterocycles. The van der Waals surface area contributed by atoms with Crippen molar-refractivity contribution in [3.8, 4) is 0 Å². The third kappa shape index (κ3) is 1.90.